The maximum Gasteiger partial charge on any atom is 0.251 e. The van der Waals surface area contributed by atoms with E-state index < -0.39 is 5.82 Å². The molecule has 5 nitrogen and oxygen atoms in total. The number of nitrogens with zero attached hydrogens (tertiary/aromatic N) is 1. The summed E-state index contributed by atoms with van der Waals surface area (Å²) >= 11 is 5.80. The zero-order chi connectivity index (χ0) is 20.5. The first-order chi connectivity index (χ1) is 13.1. The summed E-state index contributed by atoms with van der Waals surface area (Å²) in [4.78, 5) is 26.4. The highest BCUT2D eigenvalue weighted by molar-refractivity contribution is 6.31. The highest BCUT2D eigenvalue weighted by Gasteiger charge is 2.51. The second-order valence-electron chi connectivity index (χ2n) is 9.36. The molecule has 2 amide bonds. The van der Waals surface area contributed by atoms with E-state index in [1.807, 2.05) is 20.8 Å². The molecule has 0 atom stereocenters. The van der Waals surface area contributed by atoms with Crippen molar-refractivity contribution < 1.29 is 14.0 Å². The number of hydrogen-bond acceptors (Lipinski definition) is 3. The molecule has 0 bridgehead atoms. The number of likely N-dealkylation sites (tertiary alicyclic amines) is 1. The lowest BCUT2D eigenvalue weighted by atomic mass is 9.57. The number of hydrogen-bond donors (Lipinski definition) is 2. The normalized spacial score (nSPS) is 19.0. The highest BCUT2D eigenvalue weighted by Crippen LogP contribution is 2.51. The zero-order valence-electron chi connectivity index (χ0n) is 16.8. The second kappa shape index (κ2) is 7.99. The molecule has 1 saturated carbocycles. The standard InChI is InChI=1S/C21H29ClFN3O2/c1-20(2,3)19(28)24-4-5-26-12-21(13-26)9-14(10-21)11-25-18(27)15-6-16(22)8-17(23)7-15/h6-8,14H,4-5,9-13H2,1-3H3,(H,24,28)(H,25,27). The summed E-state index contributed by atoms with van der Waals surface area (Å²) in [5.74, 6) is -0.238. The van der Waals surface area contributed by atoms with Gasteiger partial charge in [-0.05, 0) is 42.4 Å². The van der Waals surface area contributed by atoms with Crippen molar-refractivity contribution >= 4 is 23.4 Å². The Balaban J connectivity index is 1.32. The molecule has 7 heteroatoms. The van der Waals surface area contributed by atoms with Gasteiger partial charge in [0.1, 0.15) is 5.82 Å². The largest absolute Gasteiger partial charge is 0.354 e. The van der Waals surface area contributed by atoms with Gasteiger partial charge >= 0.3 is 0 Å². The third-order valence-corrected chi connectivity index (χ3v) is 5.85. The Morgan fingerprint density at radius 3 is 2.50 bits per heavy atom. The Morgan fingerprint density at radius 1 is 1.21 bits per heavy atom. The minimum Gasteiger partial charge on any atom is -0.354 e. The van der Waals surface area contributed by atoms with Crippen LogP contribution in [0.2, 0.25) is 5.02 Å². The first-order valence-corrected chi connectivity index (χ1v) is 10.2. The van der Waals surface area contributed by atoms with Gasteiger partial charge in [-0.25, -0.2) is 4.39 Å². The summed E-state index contributed by atoms with van der Waals surface area (Å²) in [6.07, 6.45) is 2.20. The fourth-order valence-corrected chi connectivity index (χ4v) is 4.47. The number of amides is 2. The summed E-state index contributed by atoms with van der Waals surface area (Å²) in [5, 5.41) is 6.10. The van der Waals surface area contributed by atoms with Crippen LogP contribution in [0.25, 0.3) is 0 Å². The van der Waals surface area contributed by atoms with E-state index in [0.29, 0.717) is 24.4 Å². The van der Waals surface area contributed by atoms with Gasteiger partial charge in [0.15, 0.2) is 0 Å². The molecular weight excluding hydrogens is 381 g/mol. The molecule has 2 N–H and O–H groups in total. The minimum atomic E-state index is -0.506. The molecule has 1 spiro atoms. The van der Waals surface area contributed by atoms with Crippen LogP contribution < -0.4 is 10.6 Å². The van der Waals surface area contributed by atoms with Crippen LogP contribution in [-0.4, -0.2) is 49.4 Å². The minimum absolute atomic E-state index is 0.0850. The van der Waals surface area contributed by atoms with Crippen molar-refractivity contribution in [2.24, 2.45) is 16.7 Å². The zero-order valence-corrected chi connectivity index (χ0v) is 17.5. The first kappa shape index (κ1) is 21.1. The Hall–Kier alpha value is -1.66. The molecule has 1 heterocycles. The van der Waals surface area contributed by atoms with E-state index in [0.717, 1.165) is 32.5 Å². The Morgan fingerprint density at radius 2 is 1.89 bits per heavy atom. The molecule has 28 heavy (non-hydrogen) atoms. The van der Waals surface area contributed by atoms with Crippen molar-refractivity contribution in [3.05, 3.63) is 34.6 Å². The predicted molar refractivity (Wildman–Crippen MR) is 108 cm³/mol. The van der Waals surface area contributed by atoms with Crippen molar-refractivity contribution in [3.8, 4) is 0 Å². The molecule has 0 radical (unpaired) electrons. The van der Waals surface area contributed by atoms with Crippen LogP contribution in [0, 0.1) is 22.6 Å². The van der Waals surface area contributed by atoms with E-state index in [4.69, 9.17) is 11.6 Å². The smallest absolute Gasteiger partial charge is 0.251 e. The maximum absolute atomic E-state index is 13.4. The van der Waals surface area contributed by atoms with Gasteiger partial charge in [-0.15, -0.1) is 0 Å². The topological polar surface area (TPSA) is 61.4 Å². The van der Waals surface area contributed by atoms with Crippen molar-refractivity contribution in [2.75, 3.05) is 32.7 Å². The number of halogens is 2. The van der Waals surface area contributed by atoms with Gasteiger partial charge in [0, 0.05) is 48.7 Å². The van der Waals surface area contributed by atoms with Crippen molar-refractivity contribution in [1.82, 2.24) is 15.5 Å². The number of carbonyl (C=O) groups excluding carboxylic acids is 2. The molecule has 1 saturated heterocycles. The van der Waals surface area contributed by atoms with Crippen molar-refractivity contribution in [1.29, 1.82) is 0 Å². The van der Waals surface area contributed by atoms with E-state index in [1.165, 1.54) is 18.2 Å². The van der Waals surface area contributed by atoms with Crippen molar-refractivity contribution in [3.63, 3.8) is 0 Å². The quantitative estimate of drug-likeness (QED) is 0.759. The van der Waals surface area contributed by atoms with Crippen LogP contribution in [0.3, 0.4) is 0 Å². The number of rotatable bonds is 6. The molecule has 0 unspecified atom stereocenters. The summed E-state index contributed by atoms with van der Waals surface area (Å²) < 4.78 is 13.4. The van der Waals surface area contributed by atoms with Crippen LogP contribution in [-0.2, 0) is 4.79 Å². The Kier molecular flexibility index (Phi) is 6.01. The average molecular weight is 410 g/mol. The Bertz CT molecular complexity index is 728. The molecule has 3 rings (SSSR count). The van der Waals surface area contributed by atoms with E-state index in [1.54, 1.807) is 0 Å². The molecule has 1 aromatic carbocycles. The SMILES string of the molecule is CC(C)(C)C(=O)NCCN1CC2(CC(CNC(=O)c3cc(F)cc(Cl)c3)C2)C1. The molecule has 154 valence electrons. The fraction of sp³-hybridized carbons (Fsp3) is 0.619. The fourth-order valence-electron chi connectivity index (χ4n) is 4.24. The lowest BCUT2D eigenvalue weighted by molar-refractivity contribution is -0.129. The predicted octanol–water partition coefficient (Wildman–Crippen LogP) is 3.08. The number of nitrogens with one attached hydrogen (secondary N) is 2. The van der Waals surface area contributed by atoms with E-state index in [2.05, 4.69) is 15.5 Å². The van der Waals surface area contributed by atoms with Crippen LogP contribution >= 0.6 is 11.6 Å². The summed E-state index contributed by atoms with van der Waals surface area (Å²) in [7, 11) is 0. The monoisotopic (exact) mass is 409 g/mol. The lowest BCUT2D eigenvalue weighted by Gasteiger charge is -2.59. The van der Waals surface area contributed by atoms with Gasteiger partial charge in [0.05, 0.1) is 0 Å². The van der Waals surface area contributed by atoms with Crippen molar-refractivity contribution in [2.45, 2.75) is 33.6 Å². The molecule has 2 fully saturated rings. The number of benzene rings is 1. The first-order valence-electron chi connectivity index (χ1n) is 9.81. The van der Waals surface area contributed by atoms with Gasteiger partial charge in [-0.1, -0.05) is 32.4 Å². The van der Waals surface area contributed by atoms with E-state index in [-0.39, 0.29) is 27.8 Å². The third-order valence-electron chi connectivity index (χ3n) is 5.63. The third kappa shape index (κ3) is 5.03. The molecule has 1 aliphatic heterocycles. The summed E-state index contributed by atoms with van der Waals surface area (Å²) in [6.45, 7) is 10.0. The highest BCUT2D eigenvalue weighted by atomic mass is 35.5. The Labute approximate surface area is 171 Å². The average Bonchev–Trinajstić information content (AvgIpc) is 2.51. The van der Waals surface area contributed by atoms with Crippen LogP contribution in [0.5, 0.6) is 0 Å². The van der Waals surface area contributed by atoms with Crippen LogP contribution in [0.4, 0.5) is 4.39 Å². The molecule has 0 aromatic heterocycles. The van der Waals surface area contributed by atoms with Gasteiger partial charge < -0.3 is 15.5 Å². The van der Waals surface area contributed by atoms with Gasteiger partial charge in [-0.3, -0.25) is 9.59 Å². The van der Waals surface area contributed by atoms with Gasteiger partial charge in [0.25, 0.3) is 5.91 Å². The van der Waals surface area contributed by atoms with Crippen LogP contribution in [0.1, 0.15) is 44.0 Å². The molecular formula is C21H29ClFN3O2. The van der Waals surface area contributed by atoms with E-state index >= 15 is 0 Å². The summed E-state index contributed by atoms with van der Waals surface area (Å²) in [6, 6.07) is 3.86. The van der Waals surface area contributed by atoms with E-state index in [9.17, 15) is 14.0 Å². The molecule has 1 aromatic rings. The molecule has 2 aliphatic rings. The number of carbonyl (C=O) groups is 2. The van der Waals surface area contributed by atoms with Gasteiger partial charge in [0.2, 0.25) is 5.91 Å². The maximum atomic E-state index is 13.4. The molecule has 1 aliphatic carbocycles. The second-order valence-corrected chi connectivity index (χ2v) is 9.80. The van der Waals surface area contributed by atoms with Gasteiger partial charge in [-0.2, -0.15) is 0 Å². The summed E-state index contributed by atoms with van der Waals surface area (Å²) in [5.41, 5.74) is 0.288. The lowest BCUT2D eigenvalue weighted by Crippen LogP contribution is -2.64. The van der Waals surface area contributed by atoms with Crippen LogP contribution in [0.15, 0.2) is 18.2 Å².